The van der Waals surface area contributed by atoms with Gasteiger partial charge in [-0.25, -0.2) is 8.78 Å². The summed E-state index contributed by atoms with van der Waals surface area (Å²) >= 11 is 0. The number of likely N-dealkylation sites (N-methyl/N-ethyl adjacent to an activating group) is 1. The van der Waals surface area contributed by atoms with Gasteiger partial charge in [-0.2, -0.15) is 0 Å². The van der Waals surface area contributed by atoms with Gasteiger partial charge in [0.15, 0.2) is 0 Å². The second kappa shape index (κ2) is 9.47. The third-order valence-electron chi connectivity index (χ3n) is 5.19. The van der Waals surface area contributed by atoms with E-state index in [1.165, 1.54) is 30.3 Å². The minimum Gasteiger partial charge on any atom is -0.398 e. The van der Waals surface area contributed by atoms with E-state index >= 15 is 0 Å². The van der Waals surface area contributed by atoms with Crippen LogP contribution in [0.3, 0.4) is 0 Å². The highest BCUT2D eigenvalue weighted by Gasteiger charge is 2.17. The van der Waals surface area contributed by atoms with E-state index < -0.39 is 5.82 Å². The number of allylic oxidation sites excluding steroid dienone is 5. The largest absolute Gasteiger partial charge is 0.398 e. The van der Waals surface area contributed by atoms with E-state index in [1.807, 2.05) is 31.1 Å². The Balaban J connectivity index is 1.74. The number of hydrogen-bond acceptors (Lipinski definition) is 4. The molecule has 3 rings (SSSR count). The topological polar surface area (TPSA) is 65.1 Å². The molecule has 0 amide bonds. The highest BCUT2D eigenvalue weighted by molar-refractivity contribution is 6.12. The van der Waals surface area contributed by atoms with Crippen molar-refractivity contribution in [3.05, 3.63) is 113 Å². The van der Waals surface area contributed by atoms with Gasteiger partial charge in [-0.1, -0.05) is 43.5 Å². The Morgan fingerprint density at radius 3 is 2.41 bits per heavy atom. The Hall–Kier alpha value is -3.93. The van der Waals surface area contributed by atoms with Gasteiger partial charge in [0.1, 0.15) is 11.6 Å². The molecular weight excluding hydrogens is 406 g/mol. The number of nitrogens with two attached hydrogens (primary N) is 1. The van der Waals surface area contributed by atoms with Crippen molar-refractivity contribution < 1.29 is 8.78 Å². The fourth-order valence-electron chi connectivity index (χ4n) is 3.22. The molecule has 0 saturated carbocycles. The highest BCUT2D eigenvalue weighted by Crippen LogP contribution is 2.31. The molecule has 0 unspecified atom stereocenters. The summed E-state index contributed by atoms with van der Waals surface area (Å²) in [7, 11) is 3.86. The minimum absolute atomic E-state index is 0.104. The molecule has 1 aliphatic carbocycles. The Bertz CT molecular complexity index is 1170. The van der Waals surface area contributed by atoms with Crippen LogP contribution in [0.2, 0.25) is 0 Å². The summed E-state index contributed by atoms with van der Waals surface area (Å²) in [5.41, 5.74) is 11.0. The first-order chi connectivity index (χ1) is 15.2. The standard InChI is InChI=1S/C26H26F2N4/c1-16(19-8-9-20(13-19)17(2)32(3)4)31-26-14-22(25(30)15-23(26)28)24(29)12-7-18-5-10-21(27)11-6-18/h5-12,14-15,29,31H,1-2,13,30H2,3-4H3/b12-7+,29-24?. The van der Waals surface area contributed by atoms with Gasteiger partial charge in [0, 0.05) is 43.2 Å². The number of benzene rings is 2. The van der Waals surface area contributed by atoms with Crippen LogP contribution < -0.4 is 11.1 Å². The number of nitrogen functional groups attached to an aromatic ring is 1. The number of hydrogen-bond donors (Lipinski definition) is 3. The van der Waals surface area contributed by atoms with Crippen molar-refractivity contribution in [2.24, 2.45) is 0 Å². The van der Waals surface area contributed by atoms with Crippen LogP contribution in [-0.2, 0) is 0 Å². The lowest BCUT2D eigenvalue weighted by molar-refractivity contribution is 0.522. The fraction of sp³-hybridized carbons (Fsp3) is 0.115. The monoisotopic (exact) mass is 432 g/mol. The van der Waals surface area contributed by atoms with Crippen molar-refractivity contribution in [1.82, 2.24) is 4.90 Å². The second-order valence-electron chi connectivity index (χ2n) is 7.72. The molecule has 4 nitrogen and oxygen atoms in total. The zero-order valence-corrected chi connectivity index (χ0v) is 18.2. The highest BCUT2D eigenvalue weighted by atomic mass is 19.1. The summed E-state index contributed by atoms with van der Waals surface area (Å²) in [6.07, 6.45) is 7.76. The van der Waals surface area contributed by atoms with Crippen LogP contribution in [0.5, 0.6) is 0 Å². The minimum atomic E-state index is -0.535. The number of anilines is 2. The summed E-state index contributed by atoms with van der Waals surface area (Å²) in [5.74, 6) is -0.867. The zero-order chi connectivity index (χ0) is 23.4. The predicted octanol–water partition coefficient (Wildman–Crippen LogP) is 5.89. The van der Waals surface area contributed by atoms with Crippen LogP contribution in [-0.4, -0.2) is 24.7 Å². The van der Waals surface area contributed by atoms with Gasteiger partial charge in [0.25, 0.3) is 0 Å². The van der Waals surface area contributed by atoms with Crippen molar-refractivity contribution in [2.75, 3.05) is 25.1 Å². The normalized spacial score (nSPS) is 13.0. The molecule has 6 heteroatoms. The van der Waals surface area contributed by atoms with Crippen molar-refractivity contribution in [3.8, 4) is 0 Å². The van der Waals surface area contributed by atoms with Gasteiger partial charge in [0.2, 0.25) is 0 Å². The SMILES string of the molecule is C=C(Nc1cc(C(=N)/C=C/c2ccc(F)cc2)c(N)cc1F)C1=CC=C(C(=C)N(C)C)C1. The molecule has 0 spiro atoms. The van der Waals surface area contributed by atoms with E-state index in [2.05, 4.69) is 18.5 Å². The molecule has 0 aromatic heterocycles. The Labute approximate surface area is 187 Å². The van der Waals surface area contributed by atoms with E-state index in [-0.39, 0.29) is 22.9 Å². The van der Waals surface area contributed by atoms with Crippen LogP contribution >= 0.6 is 0 Å². The summed E-state index contributed by atoms with van der Waals surface area (Å²) in [6, 6.07) is 8.57. The van der Waals surface area contributed by atoms with Crippen LogP contribution in [0, 0.1) is 17.0 Å². The van der Waals surface area contributed by atoms with Gasteiger partial charge in [-0.15, -0.1) is 0 Å². The molecule has 2 aromatic rings. The molecule has 0 radical (unpaired) electrons. The summed E-state index contributed by atoms with van der Waals surface area (Å²) in [5, 5.41) is 11.4. The first-order valence-electron chi connectivity index (χ1n) is 10.00. The summed E-state index contributed by atoms with van der Waals surface area (Å²) in [4.78, 5) is 1.94. The Kier molecular flexibility index (Phi) is 6.73. The lowest BCUT2D eigenvalue weighted by atomic mass is 10.0. The van der Waals surface area contributed by atoms with Crippen molar-refractivity contribution in [2.45, 2.75) is 6.42 Å². The maximum atomic E-state index is 14.6. The number of nitrogens with zero attached hydrogens (tertiary/aromatic N) is 1. The number of nitrogens with one attached hydrogen (secondary N) is 2. The average molecular weight is 433 g/mol. The fourth-order valence-corrected chi connectivity index (χ4v) is 3.22. The maximum absolute atomic E-state index is 14.6. The smallest absolute Gasteiger partial charge is 0.148 e. The molecule has 0 bridgehead atoms. The molecule has 1 aliphatic rings. The van der Waals surface area contributed by atoms with E-state index in [0.29, 0.717) is 17.7 Å². The summed E-state index contributed by atoms with van der Waals surface area (Å²) in [6.45, 7) is 8.10. The molecule has 164 valence electrons. The predicted molar refractivity (Wildman–Crippen MR) is 129 cm³/mol. The molecule has 0 fully saturated rings. The van der Waals surface area contributed by atoms with E-state index in [1.54, 1.807) is 18.2 Å². The van der Waals surface area contributed by atoms with Gasteiger partial charge >= 0.3 is 0 Å². The van der Waals surface area contributed by atoms with Crippen LogP contribution in [0.4, 0.5) is 20.2 Å². The third kappa shape index (κ3) is 5.21. The van der Waals surface area contributed by atoms with Gasteiger partial charge in [-0.3, -0.25) is 0 Å². The number of halogens is 2. The average Bonchev–Trinajstić information content (AvgIpc) is 3.24. The molecular formula is C26H26F2N4. The first kappa shape index (κ1) is 22.7. The first-order valence-corrected chi connectivity index (χ1v) is 10.00. The van der Waals surface area contributed by atoms with Gasteiger partial charge in [0.05, 0.1) is 11.4 Å². The molecule has 0 saturated heterocycles. The zero-order valence-electron chi connectivity index (χ0n) is 18.2. The van der Waals surface area contributed by atoms with E-state index in [4.69, 9.17) is 11.1 Å². The molecule has 0 aliphatic heterocycles. The van der Waals surface area contributed by atoms with Crippen molar-refractivity contribution >= 4 is 23.2 Å². The molecule has 32 heavy (non-hydrogen) atoms. The Morgan fingerprint density at radius 2 is 1.75 bits per heavy atom. The Morgan fingerprint density at radius 1 is 1.09 bits per heavy atom. The molecule has 0 atom stereocenters. The van der Waals surface area contributed by atoms with Crippen LogP contribution in [0.1, 0.15) is 17.5 Å². The lowest BCUT2D eigenvalue weighted by Crippen LogP contribution is -2.12. The van der Waals surface area contributed by atoms with Crippen LogP contribution in [0.25, 0.3) is 6.08 Å². The van der Waals surface area contributed by atoms with E-state index in [0.717, 1.165) is 22.4 Å². The molecule has 4 N–H and O–H groups in total. The van der Waals surface area contributed by atoms with E-state index in [9.17, 15) is 8.78 Å². The molecule has 2 aromatic carbocycles. The van der Waals surface area contributed by atoms with Crippen LogP contribution in [0.15, 0.2) is 90.3 Å². The second-order valence-corrected chi connectivity index (χ2v) is 7.72. The quantitative estimate of drug-likeness (QED) is 0.360. The lowest BCUT2D eigenvalue weighted by Gasteiger charge is -2.18. The maximum Gasteiger partial charge on any atom is 0.148 e. The summed E-state index contributed by atoms with van der Waals surface area (Å²) < 4.78 is 27.6. The van der Waals surface area contributed by atoms with Gasteiger partial charge in [-0.05, 0) is 47.1 Å². The van der Waals surface area contributed by atoms with Crippen molar-refractivity contribution in [1.29, 1.82) is 5.41 Å². The third-order valence-corrected chi connectivity index (χ3v) is 5.19. The van der Waals surface area contributed by atoms with Crippen molar-refractivity contribution in [3.63, 3.8) is 0 Å². The number of rotatable bonds is 8. The van der Waals surface area contributed by atoms with Gasteiger partial charge < -0.3 is 21.4 Å². The molecule has 0 heterocycles.